The number of nitrogens with zero attached hydrogens (tertiary/aromatic N) is 3. The molecule has 2 aliphatic rings. The zero-order valence-corrected chi connectivity index (χ0v) is 16.1. The Labute approximate surface area is 165 Å². The summed E-state index contributed by atoms with van der Waals surface area (Å²) in [6.07, 6.45) is 8.80. The molecular formula is C21H27N3O4. The van der Waals surface area contributed by atoms with Crippen LogP contribution in [0.2, 0.25) is 0 Å². The summed E-state index contributed by atoms with van der Waals surface area (Å²) in [7, 11) is 0. The van der Waals surface area contributed by atoms with Gasteiger partial charge in [-0.2, -0.15) is 0 Å². The summed E-state index contributed by atoms with van der Waals surface area (Å²) in [6, 6.07) is 6.35. The highest BCUT2D eigenvalue weighted by atomic mass is 16.6. The van der Waals surface area contributed by atoms with Crippen molar-refractivity contribution in [1.29, 1.82) is 0 Å². The normalized spacial score (nSPS) is 18.9. The van der Waals surface area contributed by atoms with Gasteiger partial charge in [-0.1, -0.05) is 25.0 Å². The molecule has 2 saturated heterocycles. The fourth-order valence-electron chi connectivity index (χ4n) is 3.96. The highest BCUT2D eigenvalue weighted by molar-refractivity contribution is 5.92. The Morgan fingerprint density at radius 2 is 1.61 bits per heavy atom. The average molecular weight is 385 g/mol. The summed E-state index contributed by atoms with van der Waals surface area (Å²) in [5, 5.41) is 11.1. The number of rotatable bonds is 4. The highest BCUT2D eigenvalue weighted by Crippen LogP contribution is 2.23. The van der Waals surface area contributed by atoms with Crippen molar-refractivity contribution in [1.82, 2.24) is 9.80 Å². The lowest BCUT2D eigenvalue weighted by Gasteiger charge is -2.33. The van der Waals surface area contributed by atoms with Gasteiger partial charge >= 0.3 is 0 Å². The zero-order valence-electron chi connectivity index (χ0n) is 16.1. The Balaban J connectivity index is 1.54. The summed E-state index contributed by atoms with van der Waals surface area (Å²) in [6.45, 7) is 2.81. The van der Waals surface area contributed by atoms with Crippen LogP contribution in [-0.2, 0) is 9.59 Å². The van der Waals surface area contributed by atoms with Gasteiger partial charge in [-0.25, -0.2) is 0 Å². The minimum Gasteiger partial charge on any atom is -0.342 e. The van der Waals surface area contributed by atoms with E-state index in [1.54, 1.807) is 23.1 Å². The van der Waals surface area contributed by atoms with Gasteiger partial charge in [0.2, 0.25) is 11.8 Å². The maximum atomic E-state index is 12.7. The van der Waals surface area contributed by atoms with Gasteiger partial charge in [0.15, 0.2) is 0 Å². The van der Waals surface area contributed by atoms with E-state index in [0.29, 0.717) is 31.5 Å². The first kappa shape index (κ1) is 20.0. The van der Waals surface area contributed by atoms with Gasteiger partial charge < -0.3 is 9.80 Å². The fourth-order valence-corrected chi connectivity index (χ4v) is 3.96. The lowest BCUT2D eigenvalue weighted by molar-refractivity contribution is -0.385. The summed E-state index contributed by atoms with van der Waals surface area (Å²) < 4.78 is 0. The van der Waals surface area contributed by atoms with E-state index in [0.717, 1.165) is 25.9 Å². The summed E-state index contributed by atoms with van der Waals surface area (Å²) >= 11 is 0. The topological polar surface area (TPSA) is 83.8 Å². The number of nitro groups is 1. The third kappa shape index (κ3) is 4.97. The van der Waals surface area contributed by atoms with Gasteiger partial charge in [0.1, 0.15) is 0 Å². The number of carbonyl (C=O) groups is 2. The molecule has 1 aromatic rings. The number of benzene rings is 1. The number of likely N-dealkylation sites (tertiary alicyclic amines) is 2. The predicted octanol–water partition coefficient (Wildman–Crippen LogP) is 3.25. The van der Waals surface area contributed by atoms with Crippen LogP contribution >= 0.6 is 0 Å². The second-order valence-electron chi connectivity index (χ2n) is 7.49. The molecule has 0 spiro atoms. The van der Waals surface area contributed by atoms with Crippen LogP contribution in [0.15, 0.2) is 30.3 Å². The Bertz CT molecular complexity index is 746. The quantitative estimate of drug-likeness (QED) is 0.452. The summed E-state index contributed by atoms with van der Waals surface area (Å²) in [5.74, 6) is 0.0737. The molecule has 7 nitrogen and oxygen atoms in total. The molecule has 0 aliphatic carbocycles. The van der Waals surface area contributed by atoms with E-state index in [4.69, 9.17) is 0 Å². The molecule has 0 aromatic heterocycles. The summed E-state index contributed by atoms with van der Waals surface area (Å²) in [4.78, 5) is 39.5. The van der Waals surface area contributed by atoms with Gasteiger partial charge in [-0.05, 0) is 37.8 Å². The molecule has 0 N–H and O–H groups in total. The summed E-state index contributed by atoms with van der Waals surface area (Å²) in [5.41, 5.74) is 0.389. The van der Waals surface area contributed by atoms with Crippen molar-refractivity contribution in [2.75, 3.05) is 26.2 Å². The lowest BCUT2D eigenvalue weighted by atomic mass is 9.95. The number of hydrogen-bond acceptors (Lipinski definition) is 4. The van der Waals surface area contributed by atoms with E-state index in [2.05, 4.69) is 0 Å². The van der Waals surface area contributed by atoms with Crippen LogP contribution in [0.25, 0.3) is 6.08 Å². The number of piperidine rings is 1. The molecule has 7 heteroatoms. The molecule has 28 heavy (non-hydrogen) atoms. The van der Waals surface area contributed by atoms with Crippen LogP contribution < -0.4 is 0 Å². The molecule has 2 fully saturated rings. The Kier molecular flexibility index (Phi) is 6.79. The van der Waals surface area contributed by atoms with E-state index in [-0.39, 0.29) is 23.4 Å². The molecule has 0 saturated carbocycles. The third-order valence-corrected chi connectivity index (χ3v) is 5.61. The number of carbonyl (C=O) groups excluding carboxylic acids is 2. The van der Waals surface area contributed by atoms with E-state index in [1.807, 2.05) is 4.90 Å². The molecule has 0 bridgehead atoms. The number of nitro benzene ring substituents is 1. The largest absolute Gasteiger partial charge is 0.342 e. The van der Waals surface area contributed by atoms with Gasteiger partial charge in [-0.3, -0.25) is 19.7 Å². The SMILES string of the molecule is O=C(/C=C/c1ccccc1[N+](=O)[O-])N1CCC(C(=O)N2CCCCCC2)CC1. The van der Waals surface area contributed by atoms with Crippen molar-refractivity contribution in [3.63, 3.8) is 0 Å². The van der Waals surface area contributed by atoms with Crippen molar-refractivity contribution in [3.05, 3.63) is 46.0 Å². The van der Waals surface area contributed by atoms with Gasteiger partial charge in [0, 0.05) is 44.2 Å². The van der Waals surface area contributed by atoms with Crippen molar-refractivity contribution in [2.45, 2.75) is 38.5 Å². The van der Waals surface area contributed by atoms with Gasteiger partial charge in [0.25, 0.3) is 5.69 Å². The molecule has 3 rings (SSSR count). The van der Waals surface area contributed by atoms with Crippen LogP contribution in [0.4, 0.5) is 5.69 Å². The first-order valence-corrected chi connectivity index (χ1v) is 10.1. The van der Waals surface area contributed by atoms with Crippen molar-refractivity contribution in [2.24, 2.45) is 5.92 Å². The molecule has 2 heterocycles. The lowest BCUT2D eigenvalue weighted by Crippen LogP contribution is -2.44. The molecule has 2 amide bonds. The minimum atomic E-state index is -0.454. The second kappa shape index (κ2) is 9.48. The average Bonchev–Trinajstić information content (AvgIpc) is 3.01. The zero-order chi connectivity index (χ0) is 19.9. The molecule has 150 valence electrons. The maximum absolute atomic E-state index is 12.7. The number of hydrogen-bond donors (Lipinski definition) is 0. The van der Waals surface area contributed by atoms with Crippen LogP contribution in [0, 0.1) is 16.0 Å². The van der Waals surface area contributed by atoms with Crippen molar-refractivity contribution >= 4 is 23.6 Å². The maximum Gasteiger partial charge on any atom is 0.276 e. The van der Waals surface area contributed by atoms with Crippen LogP contribution in [-0.4, -0.2) is 52.7 Å². The van der Waals surface area contributed by atoms with Crippen LogP contribution in [0.1, 0.15) is 44.1 Å². The van der Waals surface area contributed by atoms with Crippen molar-refractivity contribution in [3.8, 4) is 0 Å². The number of para-hydroxylation sites is 1. The fraction of sp³-hybridized carbons (Fsp3) is 0.524. The molecule has 0 radical (unpaired) electrons. The van der Waals surface area contributed by atoms with E-state index in [9.17, 15) is 19.7 Å². The first-order valence-electron chi connectivity index (χ1n) is 10.1. The Morgan fingerprint density at radius 1 is 0.964 bits per heavy atom. The molecule has 2 aliphatic heterocycles. The van der Waals surface area contributed by atoms with Crippen LogP contribution in [0.5, 0.6) is 0 Å². The van der Waals surface area contributed by atoms with E-state index >= 15 is 0 Å². The highest BCUT2D eigenvalue weighted by Gasteiger charge is 2.29. The standard InChI is InChI=1S/C21H27N3O4/c25-20(10-9-17-7-3-4-8-19(17)24(27)28)22-15-11-18(12-16-22)21(26)23-13-5-1-2-6-14-23/h3-4,7-10,18H,1-2,5-6,11-16H2/b10-9+. The third-order valence-electron chi connectivity index (χ3n) is 5.61. The Hall–Kier alpha value is -2.70. The molecule has 0 atom stereocenters. The molecular weight excluding hydrogens is 358 g/mol. The predicted molar refractivity (Wildman–Crippen MR) is 106 cm³/mol. The van der Waals surface area contributed by atoms with E-state index < -0.39 is 4.92 Å². The molecule has 1 aromatic carbocycles. The van der Waals surface area contributed by atoms with Gasteiger partial charge in [0.05, 0.1) is 10.5 Å². The second-order valence-corrected chi connectivity index (χ2v) is 7.49. The minimum absolute atomic E-state index is 0.00124. The number of amides is 2. The molecule has 0 unspecified atom stereocenters. The smallest absolute Gasteiger partial charge is 0.276 e. The van der Waals surface area contributed by atoms with Gasteiger partial charge in [-0.15, -0.1) is 0 Å². The van der Waals surface area contributed by atoms with Crippen molar-refractivity contribution < 1.29 is 14.5 Å². The monoisotopic (exact) mass is 385 g/mol. The van der Waals surface area contributed by atoms with Crippen LogP contribution in [0.3, 0.4) is 0 Å². The Morgan fingerprint density at radius 3 is 2.25 bits per heavy atom. The first-order chi connectivity index (χ1) is 13.6. The van der Waals surface area contributed by atoms with E-state index in [1.165, 1.54) is 31.1 Å².